The average Bonchev–Trinajstić information content (AvgIpc) is 2.40. The van der Waals surface area contributed by atoms with Crippen LogP contribution in [-0.4, -0.2) is 7.11 Å². The molecular formula is C14H10BrCl3O. The van der Waals surface area contributed by atoms with Crippen LogP contribution in [0.2, 0.25) is 10.0 Å². The molecule has 0 aliphatic rings. The Morgan fingerprint density at radius 2 is 1.79 bits per heavy atom. The van der Waals surface area contributed by atoms with Gasteiger partial charge in [-0.05, 0) is 41.5 Å². The van der Waals surface area contributed by atoms with Crippen molar-refractivity contribution >= 4 is 50.7 Å². The SMILES string of the molecule is COc1ccc(C(Cl)c2cc(Br)ccc2Cl)cc1Cl. The first kappa shape index (κ1) is 15.0. The van der Waals surface area contributed by atoms with Gasteiger partial charge in [0.15, 0.2) is 0 Å². The molecule has 0 spiro atoms. The molecule has 2 aromatic carbocycles. The highest BCUT2D eigenvalue weighted by atomic mass is 79.9. The van der Waals surface area contributed by atoms with Crippen molar-refractivity contribution in [1.82, 2.24) is 0 Å². The second-order valence-electron chi connectivity index (χ2n) is 3.92. The van der Waals surface area contributed by atoms with Gasteiger partial charge in [-0.2, -0.15) is 0 Å². The Hall–Kier alpha value is -0.410. The average molecular weight is 380 g/mol. The van der Waals surface area contributed by atoms with Gasteiger partial charge in [0.1, 0.15) is 5.75 Å². The van der Waals surface area contributed by atoms with Gasteiger partial charge in [-0.25, -0.2) is 0 Å². The Kier molecular flexibility index (Phi) is 5.02. The van der Waals surface area contributed by atoms with Gasteiger partial charge in [-0.15, -0.1) is 11.6 Å². The second kappa shape index (κ2) is 6.36. The zero-order valence-electron chi connectivity index (χ0n) is 9.96. The first-order valence-electron chi connectivity index (χ1n) is 5.45. The van der Waals surface area contributed by atoms with E-state index in [9.17, 15) is 0 Å². The summed E-state index contributed by atoms with van der Waals surface area (Å²) in [6.45, 7) is 0. The first-order valence-corrected chi connectivity index (χ1v) is 7.44. The molecule has 2 rings (SSSR count). The van der Waals surface area contributed by atoms with Crippen LogP contribution in [0.25, 0.3) is 0 Å². The summed E-state index contributed by atoms with van der Waals surface area (Å²) in [6.07, 6.45) is 0. The van der Waals surface area contributed by atoms with Crippen molar-refractivity contribution in [2.75, 3.05) is 7.11 Å². The van der Waals surface area contributed by atoms with Crippen molar-refractivity contribution in [2.45, 2.75) is 5.38 Å². The third-order valence-corrected chi connectivity index (χ3v) is 4.32. The van der Waals surface area contributed by atoms with Crippen LogP contribution < -0.4 is 4.74 Å². The highest BCUT2D eigenvalue weighted by molar-refractivity contribution is 9.10. The molecular weight excluding hydrogens is 370 g/mol. The van der Waals surface area contributed by atoms with Gasteiger partial charge >= 0.3 is 0 Å². The Morgan fingerprint density at radius 1 is 1.05 bits per heavy atom. The molecule has 1 nitrogen and oxygen atoms in total. The van der Waals surface area contributed by atoms with Crippen molar-refractivity contribution in [3.8, 4) is 5.75 Å². The third kappa shape index (κ3) is 3.38. The summed E-state index contributed by atoms with van der Waals surface area (Å²) in [5.41, 5.74) is 1.70. The number of hydrogen-bond donors (Lipinski definition) is 0. The van der Waals surface area contributed by atoms with Crippen LogP contribution in [-0.2, 0) is 0 Å². The van der Waals surface area contributed by atoms with Crippen LogP contribution in [0.4, 0.5) is 0 Å². The maximum atomic E-state index is 6.47. The van der Waals surface area contributed by atoms with E-state index in [1.807, 2.05) is 24.3 Å². The summed E-state index contributed by atoms with van der Waals surface area (Å²) >= 11 is 22.2. The molecule has 19 heavy (non-hydrogen) atoms. The van der Waals surface area contributed by atoms with Crippen molar-refractivity contribution in [3.05, 3.63) is 62.0 Å². The van der Waals surface area contributed by atoms with Crippen LogP contribution in [0.3, 0.4) is 0 Å². The predicted molar refractivity (Wildman–Crippen MR) is 84.9 cm³/mol. The predicted octanol–water partition coefficient (Wildman–Crippen LogP) is 6.09. The molecule has 0 aromatic heterocycles. The Labute approximate surface area is 135 Å². The Morgan fingerprint density at radius 3 is 2.42 bits per heavy atom. The molecule has 0 bridgehead atoms. The van der Waals surface area contributed by atoms with E-state index < -0.39 is 0 Å². The lowest BCUT2D eigenvalue weighted by atomic mass is 10.0. The van der Waals surface area contributed by atoms with Gasteiger partial charge in [0, 0.05) is 9.50 Å². The summed E-state index contributed by atoms with van der Waals surface area (Å²) in [6, 6.07) is 11.0. The number of methoxy groups -OCH3 is 1. The number of rotatable bonds is 3. The number of ether oxygens (including phenoxy) is 1. The highest BCUT2D eigenvalue weighted by Crippen LogP contribution is 2.37. The lowest BCUT2D eigenvalue weighted by Gasteiger charge is -2.14. The molecule has 1 atom stereocenters. The summed E-state index contributed by atoms with van der Waals surface area (Å²) < 4.78 is 6.05. The van der Waals surface area contributed by atoms with Gasteiger partial charge in [0.05, 0.1) is 17.5 Å². The van der Waals surface area contributed by atoms with Crippen LogP contribution in [0, 0.1) is 0 Å². The van der Waals surface area contributed by atoms with Crippen molar-refractivity contribution < 1.29 is 4.74 Å². The number of alkyl halides is 1. The van der Waals surface area contributed by atoms with Crippen LogP contribution >= 0.6 is 50.7 Å². The number of hydrogen-bond acceptors (Lipinski definition) is 1. The summed E-state index contributed by atoms with van der Waals surface area (Å²) in [4.78, 5) is 0. The van der Waals surface area contributed by atoms with Crippen molar-refractivity contribution in [2.24, 2.45) is 0 Å². The standard InChI is InChI=1S/C14H10BrCl3O/c1-19-13-5-2-8(6-12(13)17)14(18)10-7-9(15)3-4-11(10)16/h2-7,14H,1H3. The van der Waals surface area contributed by atoms with Gasteiger partial charge in [0.25, 0.3) is 0 Å². The van der Waals surface area contributed by atoms with E-state index in [0.717, 1.165) is 15.6 Å². The zero-order valence-corrected chi connectivity index (χ0v) is 13.8. The molecule has 0 amide bonds. The molecule has 0 aliphatic carbocycles. The van der Waals surface area contributed by atoms with E-state index in [-0.39, 0.29) is 5.38 Å². The maximum Gasteiger partial charge on any atom is 0.137 e. The Balaban J connectivity index is 2.41. The van der Waals surface area contributed by atoms with Crippen molar-refractivity contribution in [3.63, 3.8) is 0 Å². The van der Waals surface area contributed by atoms with E-state index in [2.05, 4.69) is 15.9 Å². The monoisotopic (exact) mass is 378 g/mol. The maximum absolute atomic E-state index is 6.47. The van der Waals surface area contributed by atoms with E-state index in [4.69, 9.17) is 39.5 Å². The fourth-order valence-electron chi connectivity index (χ4n) is 1.73. The fourth-order valence-corrected chi connectivity index (χ4v) is 2.97. The lowest BCUT2D eigenvalue weighted by molar-refractivity contribution is 0.415. The smallest absolute Gasteiger partial charge is 0.137 e. The summed E-state index contributed by atoms with van der Waals surface area (Å²) in [7, 11) is 1.57. The molecule has 2 aromatic rings. The highest BCUT2D eigenvalue weighted by Gasteiger charge is 2.16. The van der Waals surface area contributed by atoms with E-state index in [0.29, 0.717) is 15.8 Å². The van der Waals surface area contributed by atoms with Crippen LogP contribution in [0.1, 0.15) is 16.5 Å². The molecule has 0 saturated heterocycles. The molecule has 0 heterocycles. The topological polar surface area (TPSA) is 9.23 Å². The number of halogens is 4. The second-order valence-corrected chi connectivity index (χ2v) is 6.09. The third-order valence-electron chi connectivity index (χ3n) is 2.70. The quantitative estimate of drug-likeness (QED) is 0.585. The van der Waals surface area contributed by atoms with Gasteiger partial charge in [0.2, 0.25) is 0 Å². The van der Waals surface area contributed by atoms with Gasteiger partial charge in [-0.3, -0.25) is 0 Å². The first-order chi connectivity index (χ1) is 9.02. The minimum absolute atomic E-state index is 0.367. The van der Waals surface area contributed by atoms with Crippen molar-refractivity contribution in [1.29, 1.82) is 0 Å². The molecule has 0 radical (unpaired) electrons. The summed E-state index contributed by atoms with van der Waals surface area (Å²) in [5.74, 6) is 0.620. The minimum atomic E-state index is -0.367. The van der Waals surface area contributed by atoms with E-state index in [1.165, 1.54) is 0 Å². The molecule has 0 aliphatic heterocycles. The summed E-state index contributed by atoms with van der Waals surface area (Å²) in [5, 5.41) is 0.778. The fraction of sp³-hybridized carbons (Fsp3) is 0.143. The van der Waals surface area contributed by atoms with E-state index in [1.54, 1.807) is 19.2 Å². The number of benzene rings is 2. The molecule has 0 fully saturated rings. The Bertz CT molecular complexity index is 601. The van der Waals surface area contributed by atoms with Gasteiger partial charge in [-0.1, -0.05) is 45.2 Å². The van der Waals surface area contributed by atoms with Crippen LogP contribution in [0.15, 0.2) is 40.9 Å². The zero-order chi connectivity index (χ0) is 14.0. The molecule has 0 saturated carbocycles. The minimum Gasteiger partial charge on any atom is -0.495 e. The molecule has 0 N–H and O–H groups in total. The normalized spacial score (nSPS) is 12.3. The lowest BCUT2D eigenvalue weighted by Crippen LogP contribution is -1.95. The van der Waals surface area contributed by atoms with Gasteiger partial charge < -0.3 is 4.74 Å². The molecule has 1 unspecified atom stereocenters. The largest absolute Gasteiger partial charge is 0.495 e. The molecule has 5 heteroatoms. The molecule has 100 valence electrons. The van der Waals surface area contributed by atoms with E-state index >= 15 is 0 Å². The van der Waals surface area contributed by atoms with Crippen LogP contribution in [0.5, 0.6) is 5.75 Å².